The topological polar surface area (TPSA) is 24.5 Å². The second kappa shape index (κ2) is 6.07. The summed E-state index contributed by atoms with van der Waals surface area (Å²) >= 11 is 0. The molecule has 3 nitrogen and oxygen atoms in total. The predicted molar refractivity (Wildman–Crippen MR) is 86.8 cm³/mol. The third-order valence-corrected chi connectivity index (χ3v) is 4.85. The Morgan fingerprint density at radius 1 is 1.19 bits per heavy atom. The van der Waals surface area contributed by atoms with Gasteiger partial charge in [0.1, 0.15) is 0 Å². The van der Waals surface area contributed by atoms with Gasteiger partial charge >= 0.3 is 0 Å². The highest BCUT2D eigenvalue weighted by Crippen LogP contribution is 2.41. The van der Waals surface area contributed by atoms with Gasteiger partial charge in [-0.1, -0.05) is 17.7 Å². The van der Waals surface area contributed by atoms with Crippen LogP contribution in [0.15, 0.2) is 12.1 Å². The van der Waals surface area contributed by atoms with Crippen molar-refractivity contribution in [2.75, 3.05) is 26.7 Å². The molecular formula is C18H28N2O. The van der Waals surface area contributed by atoms with E-state index in [2.05, 4.69) is 43.1 Å². The first kappa shape index (κ1) is 15.0. The molecule has 116 valence electrons. The first-order valence-electron chi connectivity index (χ1n) is 8.21. The summed E-state index contributed by atoms with van der Waals surface area (Å²) in [6, 6.07) is 5.81. The molecule has 0 spiro atoms. The van der Waals surface area contributed by atoms with Crippen LogP contribution in [0.3, 0.4) is 0 Å². The zero-order valence-electron chi connectivity index (χ0n) is 13.8. The van der Waals surface area contributed by atoms with E-state index < -0.39 is 0 Å². The van der Waals surface area contributed by atoms with Gasteiger partial charge in [0.05, 0.1) is 18.8 Å². The Morgan fingerprint density at radius 2 is 1.86 bits per heavy atom. The Balaban J connectivity index is 2.00. The largest absolute Gasteiger partial charge is 0.374 e. The normalized spacial score (nSPS) is 27.0. The monoisotopic (exact) mass is 288 g/mol. The molecule has 2 unspecified atom stereocenters. The molecule has 2 atom stereocenters. The third-order valence-electron chi connectivity index (χ3n) is 4.85. The Labute approximate surface area is 128 Å². The van der Waals surface area contributed by atoms with Crippen molar-refractivity contribution in [2.45, 2.75) is 51.8 Å². The standard InChI is InChI=1S/C18H28N2O/c1-12-9-13(2)17(14(3)10-12)18-16(11-19-4)21-8-7-20(18)15-5-6-15/h9-10,15-16,18-19H,5-8,11H2,1-4H3. The number of rotatable bonds is 4. The number of nitrogens with zero attached hydrogens (tertiary/aromatic N) is 1. The van der Waals surface area contributed by atoms with Crippen molar-refractivity contribution in [2.24, 2.45) is 0 Å². The van der Waals surface area contributed by atoms with Crippen LogP contribution in [0.5, 0.6) is 0 Å². The minimum absolute atomic E-state index is 0.254. The smallest absolute Gasteiger partial charge is 0.0896 e. The highest BCUT2D eigenvalue weighted by Gasteiger charge is 2.41. The maximum atomic E-state index is 6.13. The highest BCUT2D eigenvalue weighted by atomic mass is 16.5. The predicted octanol–water partition coefficient (Wildman–Crippen LogP) is 2.74. The van der Waals surface area contributed by atoms with Gasteiger partial charge in [0.25, 0.3) is 0 Å². The van der Waals surface area contributed by atoms with Gasteiger partial charge in [0.15, 0.2) is 0 Å². The van der Waals surface area contributed by atoms with Crippen molar-refractivity contribution >= 4 is 0 Å². The van der Waals surface area contributed by atoms with Crippen LogP contribution in [-0.2, 0) is 4.74 Å². The summed E-state index contributed by atoms with van der Waals surface area (Å²) in [5.74, 6) is 0. The van der Waals surface area contributed by atoms with E-state index in [1.165, 1.54) is 35.1 Å². The molecule has 0 bridgehead atoms. The van der Waals surface area contributed by atoms with Crippen LogP contribution in [0.25, 0.3) is 0 Å². The number of aryl methyl sites for hydroxylation is 3. The molecule has 0 amide bonds. The molecule has 3 heteroatoms. The van der Waals surface area contributed by atoms with Crippen molar-refractivity contribution in [1.29, 1.82) is 0 Å². The van der Waals surface area contributed by atoms with Crippen molar-refractivity contribution in [3.05, 3.63) is 34.4 Å². The van der Waals surface area contributed by atoms with Crippen LogP contribution in [0, 0.1) is 20.8 Å². The summed E-state index contributed by atoms with van der Waals surface area (Å²) in [4.78, 5) is 2.70. The fourth-order valence-corrected chi connectivity index (χ4v) is 3.95. The number of likely N-dealkylation sites (N-methyl/N-ethyl adjacent to an activating group) is 1. The van der Waals surface area contributed by atoms with Crippen molar-refractivity contribution < 1.29 is 4.74 Å². The molecule has 1 saturated carbocycles. The fourth-order valence-electron chi connectivity index (χ4n) is 3.95. The second-order valence-electron chi connectivity index (χ2n) is 6.69. The average molecular weight is 288 g/mol. The molecule has 1 heterocycles. The van der Waals surface area contributed by atoms with Crippen molar-refractivity contribution in [3.63, 3.8) is 0 Å². The van der Waals surface area contributed by atoms with E-state index >= 15 is 0 Å². The molecule has 2 aliphatic rings. The van der Waals surface area contributed by atoms with Crippen molar-refractivity contribution in [3.8, 4) is 0 Å². The summed E-state index contributed by atoms with van der Waals surface area (Å²) < 4.78 is 6.13. The molecule has 1 aromatic carbocycles. The molecule has 1 saturated heterocycles. The van der Waals surface area contributed by atoms with Crippen LogP contribution >= 0.6 is 0 Å². The number of hydrogen-bond acceptors (Lipinski definition) is 3. The van der Waals surface area contributed by atoms with E-state index in [9.17, 15) is 0 Å². The second-order valence-corrected chi connectivity index (χ2v) is 6.69. The lowest BCUT2D eigenvalue weighted by Gasteiger charge is -2.43. The lowest BCUT2D eigenvalue weighted by molar-refractivity contribution is -0.0743. The molecule has 2 fully saturated rings. The maximum Gasteiger partial charge on any atom is 0.0896 e. The van der Waals surface area contributed by atoms with Crippen LogP contribution in [0.2, 0.25) is 0 Å². The average Bonchev–Trinajstić information content (AvgIpc) is 3.23. The lowest BCUT2D eigenvalue weighted by atomic mass is 9.89. The quantitative estimate of drug-likeness (QED) is 0.922. The first-order chi connectivity index (χ1) is 10.1. The van der Waals surface area contributed by atoms with Gasteiger partial charge in [0, 0.05) is 19.1 Å². The zero-order valence-corrected chi connectivity index (χ0v) is 13.8. The van der Waals surface area contributed by atoms with Crippen LogP contribution < -0.4 is 5.32 Å². The van der Waals surface area contributed by atoms with E-state index in [0.717, 1.165) is 25.7 Å². The summed E-state index contributed by atoms with van der Waals surface area (Å²) in [5, 5.41) is 3.32. The summed E-state index contributed by atoms with van der Waals surface area (Å²) in [7, 11) is 2.02. The van der Waals surface area contributed by atoms with Gasteiger partial charge in [-0.05, 0) is 57.4 Å². The summed E-state index contributed by atoms with van der Waals surface area (Å²) in [6.07, 6.45) is 2.96. The molecule has 21 heavy (non-hydrogen) atoms. The number of ether oxygens (including phenoxy) is 1. The molecule has 1 aromatic rings. The number of morpholine rings is 1. The number of hydrogen-bond donors (Lipinski definition) is 1. The fraction of sp³-hybridized carbons (Fsp3) is 0.667. The highest BCUT2D eigenvalue weighted by molar-refractivity contribution is 5.40. The molecule has 1 N–H and O–H groups in total. The van der Waals surface area contributed by atoms with Crippen LogP contribution in [0.1, 0.15) is 41.1 Å². The van der Waals surface area contributed by atoms with E-state index in [1.54, 1.807) is 0 Å². The zero-order chi connectivity index (χ0) is 15.0. The Bertz CT molecular complexity index is 485. The van der Waals surface area contributed by atoms with Crippen LogP contribution in [-0.4, -0.2) is 43.8 Å². The van der Waals surface area contributed by atoms with Gasteiger partial charge in [-0.2, -0.15) is 0 Å². The summed E-state index contributed by atoms with van der Waals surface area (Å²) in [6.45, 7) is 9.55. The van der Waals surface area contributed by atoms with Gasteiger partial charge < -0.3 is 10.1 Å². The van der Waals surface area contributed by atoms with Crippen LogP contribution in [0.4, 0.5) is 0 Å². The Kier molecular flexibility index (Phi) is 4.34. The lowest BCUT2D eigenvalue weighted by Crippen LogP contribution is -2.50. The molecule has 1 aliphatic heterocycles. The minimum Gasteiger partial charge on any atom is -0.374 e. The van der Waals surface area contributed by atoms with Gasteiger partial charge in [-0.15, -0.1) is 0 Å². The van der Waals surface area contributed by atoms with Gasteiger partial charge in [0.2, 0.25) is 0 Å². The van der Waals surface area contributed by atoms with Crippen molar-refractivity contribution in [1.82, 2.24) is 10.2 Å². The summed E-state index contributed by atoms with van der Waals surface area (Å²) in [5.41, 5.74) is 5.67. The first-order valence-corrected chi connectivity index (χ1v) is 8.21. The molecule has 0 aromatic heterocycles. The molecule has 1 aliphatic carbocycles. The van der Waals surface area contributed by atoms with Gasteiger partial charge in [-0.3, -0.25) is 4.90 Å². The maximum absolute atomic E-state index is 6.13. The van der Waals surface area contributed by atoms with E-state index in [1.807, 2.05) is 7.05 Å². The van der Waals surface area contributed by atoms with E-state index in [0.29, 0.717) is 6.04 Å². The Morgan fingerprint density at radius 3 is 2.43 bits per heavy atom. The Hall–Kier alpha value is -0.900. The third kappa shape index (κ3) is 3.01. The van der Waals surface area contributed by atoms with E-state index in [-0.39, 0.29) is 6.10 Å². The SMILES string of the molecule is CNCC1OCCN(C2CC2)C1c1c(C)cc(C)cc1C. The molecule has 0 radical (unpaired) electrons. The van der Waals surface area contributed by atoms with Gasteiger partial charge in [-0.25, -0.2) is 0 Å². The molecular weight excluding hydrogens is 260 g/mol. The molecule has 3 rings (SSSR count). The number of nitrogens with one attached hydrogen (secondary N) is 1. The minimum atomic E-state index is 0.254. The number of benzene rings is 1. The van der Waals surface area contributed by atoms with E-state index in [4.69, 9.17) is 4.74 Å².